The molecule has 6 heteroatoms. The van der Waals surface area contributed by atoms with Gasteiger partial charge in [0.25, 0.3) is 0 Å². The fourth-order valence-electron chi connectivity index (χ4n) is 2.47. The summed E-state index contributed by atoms with van der Waals surface area (Å²) in [4.78, 5) is 23.2. The molecule has 0 radical (unpaired) electrons. The van der Waals surface area contributed by atoms with Crippen molar-refractivity contribution in [2.24, 2.45) is 0 Å². The molecule has 1 fully saturated rings. The topological polar surface area (TPSA) is 61.8 Å². The highest BCUT2D eigenvalue weighted by molar-refractivity contribution is 6.72. The summed E-state index contributed by atoms with van der Waals surface area (Å²) in [6.07, 6.45) is 3.19. The minimum absolute atomic E-state index is 0.129. The minimum Gasteiger partial charge on any atom is -0.462 e. The summed E-state index contributed by atoms with van der Waals surface area (Å²) in [5.41, 5.74) is 0.669. The molecule has 0 amide bonds. The van der Waals surface area contributed by atoms with E-state index in [0.717, 1.165) is 24.9 Å². The summed E-state index contributed by atoms with van der Waals surface area (Å²) in [6.45, 7) is 12.6. The van der Waals surface area contributed by atoms with Gasteiger partial charge in [0, 0.05) is 17.6 Å². The average Bonchev–Trinajstić information content (AvgIpc) is 2.46. The highest BCUT2D eigenvalue weighted by Crippen LogP contribution is 2.31. The zero-order chi connectivity index (χ0) is 17.5. The lowest BCUT2D eigenvalue weighted by atomic mass is 10.3. The fraction of sp³-hybridized carbons (Fsp3) is 0.647. The van der Waals surface area contributed by atoms with Gasteiger partial charge in [0.1, 0.15) is 0 Å². The van der Waals surface area contributed by atoms with Gasteiger partial charge in [0.15, 0.2) is 14.6 Å². The lowest BCUT2D eigenvalue weighted by Gasteiger charge is -2.34. The van der Waals surface area contributed by atoms with Crippen LogP contribution in [0.3, 0.4) is 0 Å². The van der Waals surface area contributed by atoms with Gasteiger partial charge in [-0.2, -0.15) is 0 Å². The van der Waals surface area contributed by atoms with Crippen molar-refractivity contribution < 1.29 is 23.5 Å². The normalized spacial score (nSPS) is 17.9. The first-order valence-electron chi connectivity index (χ1n) is 8.10. The quantitative estimate of drug-likeness (QED) is 0.292. The van der Waals surface area contributed by atoms with Crippen molar-refractivity contribution >= 4 is 20.3 Å². The molecule has 1 heterocycles. The molecular weight excluding hydrogens is 312 g/mol. The molecule has 0 aromatic rings. The third kappa shape index (κ3) is 7.13. The molecule has 0 bridgehead atoms. The van der Waals surface area contributed by atoms with Crippen molar-refractivity contribution in [1.82, 2.24) is 0 Å². The van der Waals surface area contributed by atoms with Gasteiger partial charge < -0.3 is 13.9 Å². The molecule has 1 saturated heterocycles. The summed E-state index contributed by atoms with van der Waals surface area (Å²) in [5, 5.41) is 0. The first-order valence-corrected chi connectivity index (χ1v) is 10.9. The van der Waals surface area contributed by atoms with Gasteiger partial charge in [-0.15, -0.1) is 0 Å². The predicted molar refractivity (Wildman–Crippen MR) is 91.3 cm³/mol. The Kier molecular flexibility index (Phi) is 7.71. The second-order valence-electron chi connectivity index (χ2n) is 6.45. The fourth-order valence-corrected chi connectivity index (χ4v) is 5.75. The number of ether oxygens (including phenoxy) is 2. The Labute approximate surface area is 139 Å². The van der Waals surface area contributed by atoms with Crippen LogP contribution in [0, 0.1) is 0 Å². The maximum atomic E-state index is 11.8. The lowest BCUT2D eigenvalue weighted by molar-refractivity contribution is -0.163. The van der Waals surface area contributed by atoms with Crippen LogP contribution in [0.1, 0.15) is 39.5 Å². The van der Waals surface area contributed by atoms with E-state index in [1.165, 1.54) is 6.42 Å². The van der Waals surface area contributed by atoms with Crippen LogP contribution in [0.4, 0.5) is 0 Å². The van der Waals surface area contributed by atoms with E-state index < -0.39 is 26.5 Å². The number of esters is 2. The molecule has 0 aromatic carbocycles. The first kappa shape index (κ1) is 19.6. The third-order valence-corrected chi connectivity index (χ3v) is 7.50. The smallest absolute Gasteiger partial charge is 0.335 e. The summed E-state index contributed by atoms with van der Waals surface area (Å²) in [6, 6.07) is 2.14. The molecule has 1 unspecified atom stereocenters. The molecule has 0 saturated carbocycles. The van der Waals surface area contributed by atoms with Crippen LogP contribution in [0.25, 0.3) is 0 Å². The van der Waals surface area contributed by atoms with Crippen molar-refractivity contribution in [3.8, 4) is 0 Å². The van der Waals surface area contributed by atoms with Gasteiger partial charge in [0.05, 0.1) is 6.61 Å². The highest BCUT2D eigenvalue weighted by atomic mass is 28.4. The molecule has 130 valence electrons. The largest absolute Gasteiger partial charge is 0.462 e. The Morgan fingerprint density at radius 2 is 1.61 bits per heavy atom. The first-order chi connectivity index (χ1) is 10.7. The van der Waals surface area contributed by atoms with E-state index in [1.54, 1.807) is 13.8 Å². The van der Waals surface area contributed by atoms with Gasteiger partial charge in [-0.3, -0.25) is 0 Å². The van der Waals surface area contributed by atoms with E-state index >= 15 is 0 Å². The maximum absolute atomic E-state index is 11.8. The van der Waals surface area contributed by atoms with Crippen molar-refractivity contribution in [3.63, 3.8) is 0 Å². The number of hydrogen-bond donors (Lipinski definition) is 0. The Morgan fingerprint density at radius 1 is 1.04 bits per heavy atom. The summed E-state index contributed by atoms with van der Waals surface area (Å²) in [5.74, 6) is -0.925. The van der Waals surface area contributed by atoms with Gasteiger partial charge in [-0.25, -0.2) is 9.59 Å². The van der Waals surface area contributed by atoms with Gasteiger partial charge in [-0.1, -0.05) is 32.4 Å². The van der Waals surface area contributed by atoms with Crippen LogP contribution < -0.4 is 0 Å². The lowest BCUT2D eigenvalue weighted by Crippen LogP contribution is -2.42. The van der Waals surface area contributed by atoms with Crippen molar-refractivity contribution in [3.05, 3.63) is 24.3 Å². The van der Waals surface area contributed by atoms with Gasteiger partial charge >= 0.3 is 11.9 Å². The van der Waals surface area contributed by atoms with Crippen LogP contribution in [-0.2, 0) is 23.5 Å². The van der Waals surface area contributed by atoms with E-state index in [9.17, 15) is 9.59 Å². The van der Waals surface area contributed by atoms with Crippen molar-refractivity contribution in [2.45, 2.75) is 64.5 Å². The van der Waals surface area contributed by atoms with Crippen LogP contribution in [0.15, 0.2) is 24.3 Å². The monoisotopic (exact) mass is 340 g/mol. The van der Waals surface area contributed by atoms with Crippen LogP contribution >= 0.6 is 0 Å². The second-order valence-corrected chi connectivity index (χ2v) is 10.6. The maximum Gasteiger partial charge on any atom is 0.335 e. The van der Waals surface area contributed by atoms with Crippen LogP contribution in [0.2, 0.25) is 18.6 Å². The summed E-state index contributed by atoms with van der Waals surface area (Å²) >= 11 is 0. The zero-order valence-corrected chi connectivity index (χ0v) is 15.5. The Bertz CT molecular complexity index is 466. The molecule has 1 rings (SSSR count). The van der Waals surface area contributed by atoms with E-state index in [0.29, 0.717) is 17.6 Å². The number of carbonyl (C=O) groups is 2. The van der Waals surface area contributed by atoms with Gasteiger partial charge in [0.2, 0.25) is 0 Å². The molecule has 1 atom stereocenters. The van der Waals surface area contributed by atoms with Crippen molar-refractivity contribution in [1.29, 1.82) is 0 Å². The zero-order valence-electron chi connectivity index (χ0n) is 14.5. The number of rotatable bonds is 8. The molecule has 1 aliphatic heterocycles. The van der Waals surface area contributed by atoms with E-state index in [4.69, 9.17) is 13.9 Å². The Hall–Kier alpha value is -1.40. The second kappa shape index (κ2) is 9.03. The van der Waals surface area contributed by atoms with Crippen LogP contribution in [0.5, 0.6) is 0 Å². The molecule has 0 N–H and O–H groups in total. The Morgan fingerprint density at radius 3 is 2.13 bits per heavy atom. The van der Waals surface area contributed by atoms with E-state index in [1.807, 2.05) is 0 Å². The summed E-state index contributed by atoms with van der Waals surface area (Å²) < 4.78 is 16.6. The molecule has 0 spiro atoms. The molecule has 23 heavy (non-hydrogen) atoms. The molecular formula is C17H28O5Si. The van der Waals surface area contributed by atoms with Crippen LogP contribution in [-0.4, -0.2) is 33.2 Å². The predicted octanol–water partition coefficient (Wildman–Crippen LogP) is 3.72. The highest BCUT2D eigenvalue weighted by Gasteiger charge is 2.35. The average molecular weight is 340 g/mol. The summed E-state index contributed by atoms with van der Waals surface area (Å²) in [7, 11) is -1.87. The molecule has 0 aromatic heterocycles. The SMILES string of the molecule is C=C(C)C(=O)OCCC(OC(=O)C(=C)C)O[Si]1(C)CCCCC1. The Balaban J connectivity index is 2.60. The standard InChI is InChI=1S/C17H28O5Si/c1-13(2)16(18)20-10-9-15(21-17(19)14(3)4)22-23(5)11-7-6-8-12-23/h15H,1,3,6-12H2,2,4-5H3. The minimum atomic E-state index is -1.87. The molecule has 0 aliphatic carbocycles. The van der Waals surface area contributed by atoms with E-state index in [2.05, 4.69) is 19.7 Å². The van der Waals surface area contributed by atoms with E-state index in [-0.39, 0.29) is 6.61 Å². The number of hydrogen-bond acceptors (Lipinski definition) is 5. The molecule has 1 aliphatic rings. The molecule has 5 nitrogen and oxygen atoms in total. The third-order valence-electron chi connectivity index (χ3n) is 3.85. The van der Waals surface area contributed by atoms with Gasteiger partial charge in [-0.05, 0) is 32.5 Å². The number of carbonyl (C=O) groups excluding carboxylic acids is 2. The van der Waals surface area contributed by atoms with Crippen molar-refractivity contribution in [2.75, 3.05) is 6.61 Å².